The summed E-state index contributed by atoms with van der Waals surface area (Å²) >= 11 is 0. The van der Waals surface area contributed by atoms with Crippen molar-refractivity contribution in [2.45, 2.75) is 6.92 Å². The number of hydrogen-bond acceptors (Lipinski definition) is 2. The molecule has 1 rings (SSSR count). The molecule has 0 heterocycles. The van der Waals surface area contributed by atoms with E-state index in [0.717, 1.165) is 5.56 Å². The predicted octanol–water partition coefficient (Wildman–Crippen LogP) is 1.14. The predicted molar refractivity (Wildman–Crippen MR) is 70.6 cm³/mol. The summed E-state index contributed by atoms with van der Waals surface area (Å²) in [5, 5.41) is 5.14. The second kappa shape index (κ2) is 6.72. The van der Waals surface area contributed by atoms with Crippen LogP contribution >= 0.6 is 0 Å². The Bertz CT molecular complexity index is 475. The van der Waals surface area contributed by atoms with Crippen LogP contribution in [-0.4, -0.2) is 44.0 Å². The molecular weight excluding hydrogens is 249 g/mol. The molecule has 6 heteroatoms. The Morgan fingerprint density at radius 1 is 1.21 bits per heavy atom. The van der Waals surface area contributed by atoms with Crippen molar-refractivity contribution in [3.05, 3.63) is 35.1 Å². The molecule has 0 unspecified atom stereocenters. The summed E-state index contributed by atoms with van der Waals surface area (Å²) in [6.45, 7) is 2.31. The maximum atomic E-state index is 13.4. The lowest BCUT2D eigenvalue weighted by molar-refractivity contribution is 0.0949. The van der Waals surface area contributed by atoms with Gasteiger partial charge >= 0.3 is 6.03 Å². The summed E-state index contributed by atoms with van der Waals surface area (Å²) in [5.41, 5.74) is 0.825. The van der Waals surface area contributed by atoms with E-state index in [0.29, 0.717) is 0 Å². The lowest BCUT2D eigenvalue weighted by atomic mass is 10.1. The molecule has 2 N–H and O–H groups in total. The quantitative estimate of drug-likeness (QED) is 0.803. The zero-order valence-corrected chi connectivity index (χ0v) is 11.3. The molecule has 0 aliphatic carbocycles. The Morgan fingerprint density at radius 2 is 1.84 bits per heavy atom. The van der Waals surface area contributed by atoms with E-state index in [-0.39, 0.29) is 24.7 Å². The van der Waals surface area contributed by atoms with E-state index in [2.05, 4.69) is 10.6 Å². The number of carbonyl (C=O) groups excluding carboxylic acids is 2. The van der Waals surface area contributed by atoms with Crippen molar-refractivity contribution in [2.75, 3.05) is 27.2 Å². The number of carbonyl (C=O) groups is 2. The summed E-state index contributed by atoms with van der Waals surface area (Å²) in [6.07, 6.45) is 0. The van der Waals surface area contributed by atoms with Gasteiger partial charge in [-0.2, -0.15) is 0 Å². The number of nitrogens with zero attached hydrogens (tertiary/aromatic N) is 1. The average molecular weight is 267 g/mol. The van der Waals surface area contributed by atoms with E-state index >= 15 is 0 Å². The normalized spacial score (nSPS) is 9.89. The van der Waals surface area contributed by atoms with E-state index < -0.39 is 11.7 Å². The van der Waals surface area contributed by atoms with Gasteiger partial charge in [-0.15, -0.1) is 0 Å². The Labute approximate surface area is 111 Å². The molecule has 0 aliphatic rings. The highest BCUT2D eigenvalue weighted by molar-refractivity contribution is 5.94. The first-order chi connectivity index (χ1) is 8.91. The largest absolute Gasteiger partial charge is 0.350 e. The number of amides is 3. The minimum absolute atomic E-state index is 0.0129. The van der Waals surface area contributed by atoms with Crippen LogP contribution in [0.25, 0.3) is 0 Å². The molecule has 0 fully saturated rings. The molecule has 0 saturated carbocycles. The van der Waals surface area contributed by atoms with Gasteiger partial charge in [-0.05, 0) is 19.1 Å². The third-order valence-electron chi connectivity index (χ3n) is 2.46. The van der Waals surface area contributed by atoms with Crippen LogP contribution in [0.2, 0.25) is 0 Å². The Balaban J connectivity index is 2.44. The molecule has 0 atom stereocenters. The number of nitrogens with one attached hydrogen (secondary N) is 2. The topological polar surface area (TPSA) is 61.4 Å². The second-order valence-corrected chi connectivity index (χ2v) is 4.37. The Hall–Kier alpha value is -2.11. The third-order valence-corrected chi connectivity index (χ3v) is 2.46. The van der Waals surface area contributed by atoms with Gasteiger partial charge in [0.05, 0.1) is 5.56 Å². The van der Waals surface area contributed by atoms with Crippen LogP contribution in [0.15, 0.2) is 18.2 Å². The summed E-state index contributed by atoms with van der Waals surface area (Å²) < 4.78 is 13.4. The number of hydrogen-bond donors (Lipinski definition) is 2. The first kappa shape index (κ1) is 14.9. The average Bonchev–Trinajstić information content (AvgIpc) is 2.36. The molecule has 0 radical (unpaired) electrons. The van der Waals surface area contributed by atoms with Crippen molar-refractivity contribution in [1.29, 1.82) is 0 Å². The molecule has 1 aromatic carbocycles. The lowest BCUT2D eigenvalue weighted by Crippen LogP contribution is -2.39. The Kier molecular flexibility index (Phi) is 5.29. The van der Waals surface area contributed by atoms with Gasteiger partial charge in [0.15, 0.2) is 0 Å². The van der Waals surface area contributed by atoms with Crippen molar-refractivity contribution >= 4 is 11.9 Å². The van der Waals surface area contributed by atoms with Crippen LogP contribution < -0.4 is 10.6 Å². The van der Waals surface area contributed by atoms with Crippen molar-refractivity contribution in [2.24, 2.45) is 0 Å². The minimum Gasteiger partial charge on any atom is -0.350 e. The van der Waals surface area contributed by atoms with E-state index in [9.17, 15) is 14.0 Å². The van der Waals surface area contributed by atoms with Crippen molar-refractivity contribution < 1.29 is 14.0 Å². The second-order valence-electron chi connectivity index (χ2n) is 4.37. The molecule has 0 spiro atoms. The number of aryl methyl sites for hydroxylation is 1. The molecular formula is C13H18FN3O2. The lowest BCUT2D eigenvalue weighted by Gasteiger charge is -2.12. The molecule has 19 heavy (non-hydrogen) atoms. The van der Waals surface area contributed by atoms with Crippen LogP contribution in [0.1, 0.15) is 15.9 Å². The summed E-state index contributed by atoms with van der Waals surface area (Å²) in [6, 6.07) is 4.11. The number of benzene rings is 1. The van der Waals surface area contributed by atoms with Crippen LogP contribution in [0, 0.1) is 12.7 Å². The van der Waals surface area contributed by atoms with Gasteiger partial charge in [0, 0.05) is 27.2 Å². The van der Waals surface area contributed by atoms with Gasteiger partial charge in [-0.25, -0.2) is 9.18 Å². The van der Waals surface area contributed by atoms with E-state index in [4.69, 9.17) is 0 Å². The number of halogens is 1. The third kappa shape index (κ3) is 4.57. The van der Waals surface area contributed by atoms with Crippen molar-refractivity contribution in [3.63, 3.8) is 0 Å². The van der Waals surface area contributed by atoms with Gasteiger partial charge in [0.25, 0.3) is 5.91 Å². The fourth-order valence-corrected chi connectivity index (χ4v) is 1.41. The number of urea groups is 1. The maximum absolute atomic E-state index is 13.4. The SMILES string of the molecule is Cc1ccc(F)c(C(=O)NCCNC(=O)N(C)C)c1. The van der Waals surface area contributed by atoms with Gasteiger partial charge < -0.3 is 15.5 Å². The highest BCUT2D eigenvalue weighted by atomic mass is 19.1. The smallest absolute Gasteiger partial charge is 0.316 e. The molecule has 0 bridgehead atoms. The van der Waals surface area contributed by atoms with Crippen molar-refractivity contribution in [3.8, 4) is 0 Å². The van der Waals surface area contributed by atoms with Gasteiger partial charge in [0.1, 0.15) is 5.82 Å². The van der Waals surface area contributed by atoms with Crippen LogP contribution in [0.3, 0.4) is 0 Å². The standard InChI is InChI=1S/C13H18FN3O2/c1-9-4-5-11(14)10(8-9)12(18)15-6-7-16-13(19)17(2)3/h4-5,8H,6-7H2,1-3H3,(H,15,18)(H,16,19). The summed E-state index contributed by atoms with van der Waals surface area (Å²) in [5.74, 6) is -1.04. The van der Waals surface area contributed by atoms with Gasteiger partial charge in [-0.3, -0.25) is 4.79 Å². The first-order valence-electron chi connectivity index (χ1n) is 5.91. The zero-order valence-electron chi connectivity index (χ0n) is 11.3. The van der Waals surface area contributed by atoms with E-state index in [1.165, 1.54) is 17.0 Å². The molecule has 0 aliphatic heterocycles. The minimum atomic E-state index is -0.555. The van der Waals surface area contributed by atoms with E-state index in [1.54, 1.807) is 27.1 Å². The van der Waals surface area contributed by atoms with Crippen LogP contribution in [0.4, 0.5) is 9.18 Å². The monoisotopic (exact) mass is 267 g/mol. The molecule has 104 valence electrons. The van der Waals surface area contributed by atoms with Crippen molar-refractivity contribution in [1.82, 2.24) is 15.5 Å². The van der Waals surface area contributed by atoms with Gasteiger partial charge in [0.2, 0.25) is 0 Å². The first-order valence-corrected chi connectivity index (χ1v) is 5.91. The van der Waals surface area contributed by atoms with Crippen LogP contribution in [0.5, 0.6) is 0 Å². The zero-order chi connectivity index (χ0) is 14.4. The molecule has 0 aromatic heterocycles. The summed E-state index contributed by atoms with van der Waals surface area (Å²) in [7, 11) is 3.24. The molecule has 5 nitrogen and oxygen atoms in total. The fraction of sp³-hybridized carbons (Fsp3) is 0.385. The fourth-order valence-electron chi connectivity index (χ4n) is 1.41. The van der Waals surface area contributed by atoms with E-state index in [1.807, 2.05) is 0 Å². The Morgan fingerprint density at radius 3 is 2.47 bits per heavy atom. The molecule has 1 aromatic rings. The number of rotatable bonds is 4. The molecule has 0 saturated heterocycles. The van der Waals surface area contributed by atoms with Gasteiger partial charge in [-0.1, -0.05) is 11.6 Å². The highest BCUT2D eigenvalue weighted by Crippen LogP contribution is 2.09. The van der Waals surface area contributed by atoms with Crippen LogP contribution in [-0.2, 0) is 0 Å². The highest BCUT2D eigenvalue weighted by Gasteiger charge is 2.11. The molecule has 3 amide bonds. The summed E-state index contributed by atoms with van der Waals surface area (Å²) in [4.78, 5) is 24.3. The maximum Gasteiger partial charge on any atom is 0.316 e.